The standard InChI is InChI=1S/C23H21BrN2O7/c1-4-32-18-10-14(9-17(24)20(18)33-11-19(27)28)8-16-21(29)25-23(31)26(22(16)30)15-6-12(2)5-13(3)7-15/h5-10H,4,11H2,1-3H3,(H,27,28)(H,25,29,31)/b16-8+. The van der Waals surface area contributed by atoms with Gasteiger partial charge < -0.3 is 14.6 Å². The van der Waals surface area contributed by atoms with E-state index < -0.39 is 30.4 Å². The van der Waals surface area contributed by atoms with Gasteiger partial charge in [0.1, 0.15) is 5.57 Å². The highest BCUT2D eigenvalue weighted by Gasteiger charge is 2.37. The number of imide groups is 2. The molecule has 2 N–H and O–H groups in total. The highest BCUT2D eigenvalue weighted by Crippen LogP contribution is 2.38. The number of nitrogens with zero attached hydrogens (tertiary/aromatic N) is 1. The number of ether oxygens (including phenoxy) is 2. The summed E-state index contributed by atoms with van der Waals surface area (Å²) in [6.07, 6.45) is 1.33. The lowest BCUT2D eigenvalue weighted by molar-refractivity contribution is -0.139. The molecule has 0 spiro atoms. The number of hydrogen-bond donors (Lipinski definition) is 2. The first-order valence-electron chi connectivity index (χ1n) is 9.91. The van der Waals surface area contributed by atoms with Crippen LogP contribution in [0, 0.1) is 13.8 Å². The average Bonchev–Trinajstić information content (AvgIpc) is 2.69. The predicted molar refractivity (Wildman–Crippen MR) is 123 cm³/mol. The monoisotopic (exact) mass is 516 g/mol. The molecule has 1 heterocycles. The van der Waals surface area contributed by atoms with Gasteiger partial charge in [-0.3, -0.25) is 14.9 Å². The maximum Gasteiger partial charge on any atom is 0.341 e. The van der Waals surface area contributed by atoms with Gasteiger partial charge in [0, 0.05) is 0 Å². The van der Waals surface area contributed by atoms with Crippen LogP contribution in [0.5, 0.6) is 11.5 Å². The van der Waals surface area contributed by atoms with E-state index in [1.165, 1.54) is 12.1 Å². The Morgan fingerprint density at radius 3 is 2.36 bits per heavy atom. The molecule has 9 nitrogen and oxygen atoms in total. The van der Waals surface area contributed by atoms with E-state index in [2.05, 4.69) is 21.2 Å². The van der Waals surface area contributed by atoms with E-state index in [9.17, 15) is 19.2 Å². The van der Waals surface area contributed by atoms with Crippen LogP contribution >= 0.6 is 15.9 Å². The number of carbonyl (C=O) groups excluding carboxylic acids is 3. The Hall–Kier alpha value is -3.66. The Bertz CT molecular complexity index is 1170. The van der Waals surface area contributed by atoms with E-state index >= 15 is 0 Å². The second-order valence-corrected chi connectivity index (χ2v) is 8.10. The van der Waals surface area contributed by atoms with Crippen molar-refractivity contribution in [2.45, 2.75) is 20.8 Å². The van der Waals surface area contributed by atoms with Crippen molar-refractivity contribution in [3.63, 3.8) is 0 Å². The van der Waals surface area contributed by atoms with Crippen molar-refractivity contribution in [3.05, 3.63) is 57.1 Å². The third kappa shape index (κ3) is 5.40. The molecule has 4 amide bonds. The van der Waals surface area contributed by atoms with Gasteiger partial charge >= 0.3 is 12.0 Å². The van der Waals surface area contributed by atoms with Gasteiger partial charge in [0.25, 0.3) is 11.8 Å². The highest BCUT2D eigenvalue weighted by molar-refractivity contribution is 9.10. The number of barbiturate groups is 1. The topological polar surface area (TPSA) is 122 Å². The molecule has 0 saturated carbocycles. The quantitative estimate of drug-likeness (QED) is 0.425. The van der Waals surface area contributed by atoms with Gasteiger partial charge in [-0.2, -0.15) is 0 Å². The second-order valence-electron chi connectivity index (χ2n) is 7.25. The van der Waals surface area contributed by atoms with E-state index in [-0.39, 0.29) is 23.7 Å². The van der Waals surface area contributed by atoms with Crippen LogP contribution < -0.4 is 19.7 Å². The van der Waals surface area contributed by atoms with E-state index in [4.69, 9.17) is 14.6 Å². The van der Waals surface area contributed by atoms with Crippen LogP contribution in [0.1, 0.15) is 23.6 Å². The Morgan fingerprint density at radius 2 is 1.76 bits per heavy atom. The van der Waals surface area contributed by atoms with Crippen molar-refractivity contribution in [2.24, 2.45) is 0 Å². The molecule has 3 rings (SSSR count). The number of aryl methyl sites for hydroxylation is 2. The van der Waals surface area contributed by atoms with Crippen LogP contribution in [0.2, 0.25) is 0 Å². The molecule has 10 heteroatoms. The summed E-state index contributed by atoms with van der Waals surface area (Å²) < 4.78 is 11.2. The van der Waals surface area contributed by atoms with Gasteiger partial charge in [0.15, 0.2) is 18.1 Å². The minimum absolute atomic E-state index is 0.174. The zero-order valence-electron chi connectivity index (χ0n) is 18.1. The molecule has 1 saturated heterocycles. The number of carbonyl (C=O) groups is 4. The number of amides is 4. The second kappa shape index (κ2) is 9.86. The number of urea groups is 1. The molecule has 0 aromatic heterocycles. The molecule has 0 unspecified atom stereocenters. The lowest BCUT2D eigenvalue weighted by Crippen LogP contribution is -2.54. The van der Waals surface area contributed by atoms with E-state index in [1.807, 2.05) is 19.9 Å². The summed E-state index contributed by atoms with van der Waals surface area (Å²) >= 11 is 3.31. The summed E-state index contributed by atoms with van der Waals surface area (Å²) in [5.74, 6) is -2.35. The first-order valence-corrected chi connectivity index (χ1v) is 10.7. The lowest BCUT2D eigenvalue weighted by Gasteiger charge is -2.27. The molecule has 172 valence electrons. The van der Waals surface area contributed by atoms with Gasteiger partial charge in [-0.25, -0.2) is 14.5 Å². The van der Waals surface area contributed by atoms with Crippen molar-refractivity contribution in [3.8, 4) is 11.5 Å². The van der Waals surface area contributed by atoms with Gasteiger partial charge in [0.2, 0.25) is 0 Å². The number of anilines is 1. The molecular weight excluding hydrogens is 496 g/mol. The normalized spacial score (nSPS) is 15.0. The molecule has 1 fully saturated rings. The molecule has 33 heavy (non-hydrogen) atoms. The van der Waals surface area contributed by atoms with Crippen molar-refractivity contribution >= 4 is 51.5 Å². The predicted octanol–water partition coefficient (Wildman–Crippen LogP) is 3.59. The maximum absolute atomic E-state index is 13.2. The van der Waals surface area contributed by atoms with E-state index in [1.54, 1.807) is 25.1 Å². The number of rotatable bonds is 7. The first-order chi connectivity index (χ1) is 15.6. The Labute approximate surface area is 198 Å². The van der Waals surface area contributed by atoms with Gasteiger partial charge in [-0.15, -0.1) is 0 Å². The maximum atomic E-state index is 13.2. The number of aliphatic carboxylic acids is 1. The molecule has 0 atom stereocenters. The molecule has 1 aliphatic heterocycles. The third-order valence-corrected chi connectivity index (χ3v) is 5.14. The molecule has 2 aromatic carbocycles. The Balaban J connectivity index is 2.03. The summed E-state index contributed by atoms with van der Waals surface area (Å²) in [6, 6.07) is 7.48. The zero-order chi connectivity index (χ0) is 24.3. The molecule has 1 aliphatic rings. The summed E-state index contributed by atoms with van der Waals surface area (Å²) in [5.41, 5.74) is 2.22. The van der Waals surface area contributed by atoms with E-state index in [0.717, 1.165) is 16.0 Å². The molecule has 0 radical (unpaired) electrons. The molecular formula is C23H21BrN2O7. The zero-order valence-corrected chi connectivity index (χ0v) is 19.7. The fourth-order valence-electron chi connectivity index (χ4n) is 3.35. The lowest BCUT2D eigenvalue weighted by atomic mass is 10.0. The van der Waals surface area contributed by atoms with Crippen LogP contribution in [0.25, 0.3) is 6.08 Å². The molecule has 2 aromatic rings. The number of halogens is 1. The van der Waals surface area contributed by atoms with Crippen molar-refractivity contribution in [1.82, 2.24) is 5.32 Å². The number of carboxylic acids is 1. The van der Waals surface area contributed by atoms with Gasteiger partial charge in [-0.1, -0.05) is 6.07 Å². The fraction of sp³-hybridized carbons (Fsp3) is 0.217. The summed E-state index contributed by atoms with van der Waals surface area (Å²) in [7, 11) is 0. The third-order valence-electron chi connectivity index (χ3n) is 4.55. The minimum atomic E-state index is -1.16. The SMILES string of the molecule is CCOc1cc(/C=C2\C(=O)NC(=O)N(c3cc(C)cc(C)c3)C2=O)cc(Br)c1OCC(=O)O. The number of hydrogen-bond acceptors (Lipinski definition) is 6. The number of nitrogens with one attached hydrogen (secondary N) is 1. The largest absolute Gasteiger partial charge is 0.490 e. The molecule has 0 bridgehead atoms. The smallest absolute Gasteiger partial charge is 0.341 e. The average molecular weight is 517 g/mol. The Kier molecular flexibility index (Phi) is 7.17. The summed E-state index contributed by atoms with van der Waals surface area (Å²) in [6.45, 7) is 5.11. The van der Waals surface area contributed by atoms with Crippen molar-refractivity contribution in [1.29, 1.82) is 0 Å². The Morgan fingerprint density at radius 1 is 1.09 bits per heavy atom. The number of carboxylic acid groups (broad SMARTS) is 1. The van der Waals surface area contributed by atoms with Gasteiger partial charge in [0.05, 0.1) is 16.8 Å². The summed E-state index contributed by atoms with van der Waals surface area (Å²) in [5, 5.41) is 11.1. The van der Waals surface area contributed by atoms with Crippen LogP contribution in [0.3, 0.4) is 0 Å². The van der Waals surface area contributed by atoms with Crippen LogP contribution in [-0.4, -0.2) is 42.1 Å². The van der Waals surface area contributed by atoms with Crippen molar-refractivity contribution < 1.29 is 33.8 Å². The van der Waals surface area contributed by atoms with Crippen molar-refractivity contribution in [2.75, 3.05) is 18.1 Å². The van der Waals surface area contributed by atoms with Crippen LogP contribution in [0.4, 0.5) is 10.5 Å². The van der Waals surface area contributed by atoms with E-state index in [0.29, 0.717) is 15.7 Å². The minimum Gasteiger partial charge on any atom is -0.490 e. The van der Waals surface area contributed by atoms with Crippen LogP contribution in [-0.2, 0) is 14.4 Å². The number of benzene rings is 2. The summed E-state index contributed by atoms with van der Waals surface area (Å²) in [4.78, 5) is 49.9. The fourth-order valence-corrected chi connectivity index (χ4v) is 3.92. The van der Waals surface area contributed by atoms with Gasteiger partial charge in [-0.05, 0) is 83.7 Å². The highest BCUT2D eigenvalue weighted by atomic mass is 79.9. The van der Waals surface area contributed by atoms with Crippen LogP contribution in [0.15, 0.2) is 40.4 Å². The molecule has 0 aliphatic carbocycles. The first kappa shape index (κ1) is 24.0.